The van der Waals surface area contributed by atoms with E-state index in [4.69, 9.17) is 4.74 Å². The highest BCUT2D eigenvalue weighted by Crippen LogP contribution is 2.21. The highest BCUT2D eigenvalue weighted by atomic mass is 16.5. The van der Waals surface area contributed by atoms with Crippen molar-refractivity contribution in [2.75, 3.05) is 6.61 Å². The van der Waals surface area contributed by atoms with Gasteiger partial charge in [-0.25, -0.2) is 0 Å². The van der Waals surface area contributed by atoms with Gasteiger partial charge in [-0.05, 0) is 68.0 Å². The molecule has 38 heavy (non-hydrogen) atoms. The summed E-state index contributed by atoms with van der Waals surface area (Å²) in [4.78, 5) is 29.3. The first-order valence-electron chi connectivity index (χ1n) is 13.8. The van der Waals surface area contributed by atoms with Crippen LogP contribution in [0.15, 0.2) is 72.8 Å². The van der Waals surface area contributed by atoms with Gasteiger partial charge in [-0.3, -0.25) is 9.59 Å². The smallest absolute Gasteiger partial charge is 0.261 e. The van der Waals surface area contributed by atoms with E-state index in [-0.39, 0.29) is 24.5 Å². The van der Waals surface area contributed by atoms with Crippen LogP contribution in [0.2, 0.25) is 0 Å². The third kappa shape index (κ3) is 7.95. The summed E-state index contributed by atoms with van der Waals surface area (Å²) in [5, 5.41) is 3.28. The molecule has 200 valence electrons. The maximum Gasteiger partial charge on any atom is 0.261 e. The molecule has 1 N–H and O–H groups in total. The van der Waals surface area contributed by atoms with Gasteiger partial charge in [0.15, 0.2) is 6.61 Å². The van der Waals surface area contributed by atoms with Gasteiger partial charge in [0, 0.05) is 19.0 Å². The average Bonchev–Trinajstić information content (AvgIpc) is 2.91. The molecule has 0 bridgehead atoms. The molecule has 1 aliphatic rings. The fraction of sp³-hybridized carbons (Fsp3) is 0.394. The molecule has 1 atom stereocenters. The van der Waals surface area contributed by atoms with Crippen LogP contribution in [-0.2, 0) is 22.6 Å². The van der Waals surface area contributed by atoms with Crippen LogP contribution in [0, 0.1) is 20.8 Å². The van der Waals surface area contributed by atoms with Crippen molar-refractivity contribution >= 4 is 11.8 Å². The molecule has 0 spiro atoms. The second-order valence-electron chi connectivity index (χ2n) is 10.7. The van der Waals surface area contributed by atoms with E-state index in [1.54, 1.807) is 4.90 Å². The number of amides is 2. The Balaban J connectivity index is 1.61. The molecular weight excluding hydrogens is 472 g/mol. The van der Waals surface area contributed by atoms with Gasteiger partial charge in [0.2, 0.25) is 5.91 Å². The Kier molecular flexibility index (Phi) is 9.58. The molecule has 3 aromatic rings. The monoisotopic (exact) mass is 512 g/mol. The predicted octanol–water partition coefficient (Wildman–Crippen LogP) is 6.08. The van der Waals surface area contributed by atoms with Crippen LogP contribution in [0.3, 0.4) is 0 Å². The molecule has 0 aromatic heterocycles. The summed E-state index contributed by atoms with van der Waals surface area (Å²) in [6.45, 7) is 6.27. The first kappa shape index (κ1) is 27.4. The summed E-state index contributed by atoms with van der Waals surface area (Å²) in [6.07, 6.45) is 5.90. The van der Waals surface area contributed by atoms with Crippen molar-refractivity contribution in [2.45, 2.75) is 77.9 Å². The van der Waals surface area contributed by atoms with Gasteiger partial charge in [-0.2, -0.15) is 0 Å². The Labute approximate surface area is 227 Å². The maximum absolute atomic E-state index is 13.8. The normalized spacial score (nSPS) is 14.5. The summed E-state index contributed by atoms with van der Waals surface area (Å²) in [5.74, 6) is 0.370. The van der Waals surface area contributed by atoms with E-state index in [9.17, 15) is 9.59 Å². The van der Waals surface area contributed by atoms with Crippen molar-refractivity contribution in [1.29, 1.82) is 0 Å². The summed E-state index contributed by atoms with van der Waals surface area (Å²) in [6, 6.07) is 23.5. The van der Waals surface area contributed by atoms with Crippen LogP contribution in [-0.4, -0.2) is 35.4 Å². The number of hydrogen-bond acceptors (Lipinski definition) is 3. The average molecular weight is 513 g/mol. The minimum Gasteiger partial charge on any atom is -0.484 e. The van der Waals surface area contributed by atoms with Crippen molar-refractivity contribution in [3.63, 3.8) is 0 Å². The van der Waals surface area contributed by atoms with Crippen LogP contribution in [0.1, 0.15) is 59.9 Å². The molecular formula is C33H40N2O3. The molecule has 0 aliphatic heterocycles. The van der Waals surface area contributed by atoms with Crippen molar-refractivity contribution in [2.24, 2.45) is 0 Å². The molecule has 5 nitrogen and oxygen atoms in total. The summed E-state index contributed by atoms with van der Waals surface area (Å²) >= 11 is 0. The minimum atomic E-state index is -0.643. The van der Waals surface area contributed by atoms with Crippen molar-refractivity contribution < 1.29 is 14.3 Å². The van der Waals surface area contributed by atoms with Crippen LogP contribution in [0.4, 0.5) is 0 Å². The van der Waals surface area contributed by atoms with Crippen molar-refractivity contribution in [3.05, 3.63) is 101 Å². The molecule has 1 saturated carbocycles. The van der Waals surface area contributed by atoms with Crippen molar-refractivity contribution in [3.8, 4) is 5.75 Å². The molecule has 2 amide bonds. The number of rotatable bonds is 10. The first-order chi connectivity index (χ1) is 18.4. The molecule has 3 aromatic carbocycles. The lowest BCUT2D eigenvalue weighted by atomic mass is 9.94. The van der Waals surface area contributed by atoms with E-state index in [1.807, 2.05) is 87.5 Å². The lowest BCUT2D eigenvalue weighted by Gasteiger charge is -2.33. The standard InChI is InChI=1S/C33H40N2O3/c1-24-14-16-28(17-15-24)22-35(32(36)23-38-30-19-25(2)18-26(3)20-30)31(21-27-10-6-4-7-11-27)33(37)34-29-12-8-5-9-13-29/h4,6-7,10-11,14-20,29,31H,5,8-9,12-13,21-23H2,1-3H3,(H,34,37)/t31-/m1/s1. The summed E-state index contributed by atoms with van der Waals surface area (Å²) < 4.78 is 5.97. The predicted molar refractivity (Wildman–Crippen MR) is 152 cm³/mol. The van der Waals surface area contributed by atoms with Gasteiger partial charge in [0.1, 0.15) is 11.8 Å². The molecule has 0 heterocycles. The van der Waals surface area contributed by atoms with E-state index >= 15 is 0 Å². The summed E-state index contributed by atoms with van der Waals surface area (Å²) in [5.41, 5.74) is 5.32. The van der Waals surface area contributed by atoms with Gasteiger partial charge in [-0.15, -0.1) is 0 Å². The zero-order valence-electron chi connectivity index (χ0n) is 22.9. The molecule has 0 radical (unpaired) electrons. The number of nitrogens with zero attached hydrogens (tertiary/aromatic N) is 1. The Morgan fingerprint density at radius 3 is 2.16 bits per heavy atom. The number of benzene rings is 3. The molecule has 1 aliphatic carbocycles. The number of carbonyl (C=O) groups excluding carboxylic acids is 2. The lowest BCUT2D eigenvalue weighted by molar-refractivity contribution is -0.143. The van der Waals surface area contributed by atoms with E-state index in [0.717, 1.165) is 53.5 Å². The first-order valence-corrected chi connectivity index (χ1v) is 13.8. The molecule has 5 heteroatoms. The SMILES string of the molecule is Cc1ccc(CN(C(=O)COc2cc(C)cc(C)c2)[C@H](Cc2ccccc2)C(=O)NC2CCCCC2)cc1. The number of nitrogens with one attached hydrogen (secondary N) is 1. The Hall–Kier alpha value is -3.60. The van der Waals surface area contributed by atoms with Crippen LogP contribution in [0.5, 0.6) is 5.75 Å². The highest BCUT2D eigenvalue weighted by Gasteiger charge is 2.32. The third-order valence-electron chi connectivity index (χ3n) is 7.25. The fourth-order valence-corrected chi connectivity index (χ4v) is 5.23. The van der Waals surface area contributed by atoms with E-state index in [2.05, 4.69) is 11.4 Å². The maximum atomic E-state index is 13.8. The van der Waals surface area contributed by atoms with Gasteiger partial charge in [-0.1, -0.05) is 85.5 Å². The molecule has 1 fully saturated rings. The zero-order valence-corrected chi connectivity index (χ0v) is 22.9. The number of aryl methyl sites for hydroxylation is 3. The van der Waals surface area contributed by atoms with Gasteiger partial charge in [0.25, 0.3) is 5.91 Å². The largest absolute Gasteiger partial charge is 0.484 e. The second-order valence-corrected chi connectivity index (χ2v) is 10.7. The van der Waals surface area contributed by atoms with Gasteiger partial charge >= 0.3 is 0 Å². The number of ether oxygens (including phenoxy) is 1. The van der Waals surface area contributed by atoms with Crippen LogP contribution >= 0.6 is 0 Å². The quantitative estimate of drug-likeness (QED) is 0.358. The topological polar surface area (TPSA) is 58.6 Å². The third-order valence-corrected chi connectivity index (χ3v) is 7.25. The molecule has 0 unspecified atom stereocenters. The van der Waals surface area contributed by atoms with Crippen LogP contribution in [0.25, 0.3) is 0 Å². The van der Waals surface area contributed by atoms with E-state index < -0.39 is 6.04 Å². The van der Waals surface area contributed by atoms with Crippen molar-refractivity contribution in [1.82, 2.24) is 10.2 Å². The number of hydrogen-bond donors (Lipinski definition) is 1. The molecule has 0 saturated heterocycles. The fourth-order valence-electron chi connectivity index (χ4n) is 5.23. The van der Waals surface area contributed by atoms with Gasteiger partial charge in [0.05, 0.1) is 0 Å². The Morgan fingerprint density at radius 2 is 1.50 bits per heavy atom. The second kappa shape index (κ2) is 13.3. The summed E-state index contributed by atoms with van der Waals surface area (Å²) in [7, 11) is 0. The minimum absolute atomic E-state index is 0.0902. The van der Waals surface area contributed by atoms with Gasteiger partial charge < -0.3 is 15.0 Å². The van der Waals surface area contributed by atoms with Crippen LogP contribution < -0.4 is 10.1 Å². The highest BCUT2D eigenvalue weighted by molar-refractivity contribution is 5.88. The zero-order chi connectivity index (χ0) is 26.9. The number of carbonyl (C=O) groups is 2. The Morgan fingerprint density at radius 1 is 0.842 bits per heavy atom. The van der Waals surface area contributed by atoms with E-state index in [1.165, 1.54) is 6.42 Å². The lowest BCUT2D eigenvalue weighted by Crippen LogP contribution is -2.53. The molecule has 4 rings (SSSR count). The Bertz CT molecular complexity index is 1180. The van der Waals surface area contributed by atoms with E-state index in [0.29, 0.717) is 18.7 Å².